The van der Waals surface area contributed by atoms with Gasteiger partial charge in [0.25, 0.3) is 0 Å². The SMILES string of the molecule is C=CCOC(=O)[C@@H]1[C@H]2C(=O)N([C@@H](CO)CC(C)C)C(C(=O)N(CC=C)C(C)C)C23CC(C)[C@@]1(C)O3. The summed E-state index contributed by atoms with van der Waals surface area (Å²) in [5.74, 6) is -2.66. The van der Waals surface area contributed by atoms with Crippen molar-refractivity contribution in [3.05, 3.63) is 25.3 Å². The van der Waals surface area contributed by atoms with Crippen LogP contribution in [0, 0.1) is 23.7 Å². The number of esters is 1. The van der Waals surface area contributed by atoms with Crippen molar-refractivity contribution in [2.24, 2.45) is 23.7 Å². The van der Waals surface area contributed by atoms with E-state index in [0.717, 1.165) is 0 Å². The number of nitrogens with zero attached hydrogens (tertiary/aromatic N) is 2. The third-order valence-corrected chi connectivity index (χ3v) is 8.16. The molecule has 0 radical (unpaired) electrons. The van der Waals surface area contributed by atoms with Gasteiger partial charge in [0.2, 0.25) is 11.8 Å². The predicted molar refractivity (Wildman–Crippen MR) is 132 cm³/mol. The molecule has 3 aliphatic heterocycles. The number of likely N-dealkylation sites (tertiary alicyclic amines) is 1. The second-order valence-electron chi connectivity index (χ2n) is 11.2. The lowest BCUT2D eigenvalue weighted by Gasteiger charge is -2.41. The summed E-state index contributed by atoms with van der Waals surface area (Å²) < 4.78 is 12.1. The van der Waals surface area contributed by atoms with E-state index in [1.54, 1.807) is 11.0 Å². The van der Waals surface area contributed by atoms with Gasteiger partial charge in [-0.05, 0) is 45.4 Å². The van der Waals surface area contributed by atoms with Crippen LogP contribution in [0.3, 0.4) is 0 Å². The standard InChI is InChI=1S/C27H42N2O6/c1-9-11-28(17(5)6)24(32)22-27-14-18(7)26(8,35-27)21(25(33)34-12-10-2)20(27)23(31)29(22)19(15-30)13-16(3)4/h9-10,16-22,30H,1-2,11-15H2,3-8H3/t18?,19-,20+,21+,22?,26-,27?/m1/s1. The molecular weight excluding hydrogens is 448 g/mol. The van der Waals surface area contributed by atoms with Crippen LogP contribution in [0.1, 0.15) is 54.4 Å². The highest BCUT2D eigenvalue weighted by Gasteiger charge is 2.80. The minimum atomic E-state index is -1.17. The fraction of sp³-hybridized carbons (Fsp3) is 0.741. The van der Waals surface area contributed by atoms with Crippen molar-refractivity contribution in [3.8, 4) is 0 Å². The van der Waals surface area contributed by atoms with Gasteiger partial charge in [0.1, 0.15) is 24.2 Å². The molecule has 8 heteroatoms. The van der Waals surface area contributed by atoms with E-state index >= 15 is 0 Å². The molecule has 35 heavy (non-hydrogen) atoms. The van der Waals surface area contributed by atoms with Gasteiger partial charge in [-0.3, -0.25) is 14.4 Å². The number of carbonyl (C=O) groups excluding carboxylic acids is 3. The normalized spacial score (nSPS) is 34.3. The number of aliphatic hydroxyl groups excluding tert-OH is 1. The molecule has 1 spiro atoms. The molecule has 3 rings (SSSR count). The molecular formula is C27H42N2O6. The molecule has 0 aromatic heterocycles. The molecule has 3 heterocycles. The van der Waals surface area contributed by atoms with Crippen molar-refractivity contribution in [2.75, 3.05) is 19.8 Å². The zero-order chi connectivity index (χ0) is 26.3. The maximum atomic E-state index is 14.2. The van der Waals surface area contributed by atoms with E-state index in [9.17, 15) is 19.5 Å². The number of amides is 2. The lowest BCUT2D eigenvalue weighted by molar-refractivity contribution is -0.163. The van der Waals surface area contributed by atoms with E-state index in [2.05, 4.69) is 13.2 Å². The summed E-state index contributed by atoms with van der Waals surface area (Å²) in [6.45, 7) is 19.2. The van der Waals surface area contributed by atoms with Gasteiger partial charge in [-0.15, -0.1) is 6.58 Å². The Kier molecular flexibility index (Phi) is 7.87. The number of hydrogen-bond donors (Lipinski definition) is 1. The van der Waals surface area contributed by atoms with Crippen molar-refractivity contribution < 1.29 is 29.0 Å². The van der Waals surface area contributed by atoms with Crippen LogP contribution in [0.4, 0.5) is 0 Å². The van der Waals surface area contributed by atoms with E-state index in [1.165, 1.54) is 11.0 Å². The number of hydrogen-bond acceptors (Lipinski definition) is 6. The minimum absolute atomic E-state index is 0.0346. The van der Waals surface area contributed by atoms with Crippen LogP contribution in [0.15, 0.2) is 25.3 Å². The van der Waals surface area contributed by atoms with Crippen molar-refractivity contribution in [3.63, 3.8) is 0 Å². The molecule has 0 aromatic rings. The maximum Gasteiger partial charge on any atom is 0.313 e. The highest BCUT2D eigenvalue weighted by molar-refractivity contribution is 5.99. The van der Waals surface area contributed by atoms with Crippen molar-refractivity contribution in [2.45, 2.75) is 83.7 Å². The first-order valence-corrected chi connectivity index (χ1v) is 12.7. The second-order valence-corrected chi connectivity index (χ2v) is 11.2. The van der Waals surface area contributed by atoms with Gasteiger partial charge in [-0.1, -0.05) is 39.5 Å². The van der Waals surface area contributed by atoms with Gasteiger partial charge in [0.15, 0.2) is 0 Å². The summed E-state index contributed by atoms with van der Waals surface area (Å²) in [6.07, 6.45) is 4.15. The Hall–Kier alpha value is -2.19. The van der Waals surface area contributed by atoms with Gasteiger partial charge >= 0.3 is 5.97 Å². The zero-order valence-corrected chi connectivity index (χ0v) is 22.0. The summed E-state index contributed by atoms with van der Waals surface area (Å²) >= 11 is 0. The molecule has 2 amide bonds. The van der Waals surface area contributed by atoms with Gasteiger partial charge in [0.05, 0.1) is 24.2 Å². The van der Waals surface area contributed by atoms with Crippen LogP contribution in [0.5, 0.6) is 0 Å². The van der Waals surface area contributed by atoms with Crippen LogP contribution in [0.2, 0.25) is 0 Å². The fourth-order valence-corrected chi connectivity index (χ4v) is 6.61. The first-order valence-electron chi connectivity index (χ1n) is 12.7. The quantitative estimate of drug-likeness (QED) is 0.353. The summed E-state index contributed by atoms with van der Waals surface area (Å²) in [6, 6.07) is -1.64. The maximum absolute atomic E-state index is 14.2. The summed E-state index contributed by atoms with van der Waals surface area (Å²) in [5, 5.41) is 10.3. The molecule has 196 valence electrons. The van der Waals surface area contributed by atoms with Crippen LogP contribution < -0.4 is 0 Å². The topological polar surface area (TPSA) is 96.4 Å². The molecule has 1 N–H and O–H groups in total. The molecule has 3 fully saturated rings. The Labute approximate surface area is 209 Å². The molecule has 8 nitrogen and oxygen atoms in total. The van der Waals surface area contributed by atoms with E-state index in [4.69, 9.17) is 9.47 Å². The molecule has 7 atom stereocenters. The monoisotopic (exact) mass is 490 g/mol. The van der Waals surface area contributed by atoms with E-state index in [1.807, 2.05) is 41.5 Å². The smallest absolute Gasteiger partial charge is 0.313 e. The lowest BCUT2D eigenvalue weighted by atomic mass is 9.62. The molecule has 0 aliphatic carbocycles. The lowest BCUT2D eigenvalue weighted by Crippen LogP contribution is -2.60. The Morgan fingerprint density at radius 3 is 2.46 bits per heavy atom. The van der Waals surface area contributed by atoms with E-state index in [0.29, 0.717) is 19.4 Å². The summed E-state index contributed by atoms with van der Waals surface area (Å²) in [5.41, 5.74) is -2.10. The van der Waals surface area contributed by atoms with Crippen LogP contribution in [-0.2, 0) is 23.9 Å². The molecule has 0 aromatic carbocycles. The highest BCUT2D eigenvalue weighted by Crippen LogP contribution is 2.65. The summed E-state index contributed by atoms with van der Waals surface area (Å²) in [7, 11) is 0. The average Bonchev–Trinajstić information content (AvgIpc) is 3.30. The number of carbonyl (C=O) groups is 3. The highest BCUT2D eigenvalue weighted by atomic mass is 16.6. The van der Waals surface area contributed by atoms with Crippen LogP contribution >= 0.6 is 0 Å². The number of rotatable bonds is 11. The van der Waals surface area contributed by atoms with E-state index in [-0.39, 0.29) is 42.9 Å². The minimum Gasteiger partial charge on any atom is -0.461 e. The van der Waals surface area contributed by atoms with Crippen molar-refractivity contribution in [1.29, 1.82) is 0 Å². The van der Waals surface area contributed by atoms with Gasteiger partial charge in [0, 0.05) is 12.6 Å². The van der Waals surface area contributed by atoms with Crippen LogP contribution in [0.25, 0.3) is 0 Å². The third-order valence-electron chi connectivity index (χ3n) is 8.16. The number of ether oxygens (including phenoxy) is 2. The zero-order valence-electron chi connectivity index (χ0n) is 22.0. The number of fused-ring (bicyclic) bond motifs is 1. The predicted octanol–water partition coefficient (Wildman–Crippen LogP) is 2.56. The average molecular weight is 491 g/mol. The molecule has 3 saturated heterocycles. The van der Waals surface area contributed by atoms with Gasteiger partial charge in [-0.25, -0.2) is 0 Å². The number of aliphatic hydroxyl groups is 1. The van der Waals surface area contributed by atoms with Crippen molar-refractivity contribution >= 4 is 17.8 Å². The molecule has 2 bridgehead atoms. The van der Waals surface area contributed by atoms with Crippen molar-refractivity contribution in [1.82, 2.24) is 9.80 Å². The van der Waals surface area contributed by atoms with Crippen LogP contribution in [-0.4, -0.2) is 81.8 Å². The molecule has 0 saturated carbocycles. The largest absolute Gasteiger partial charge is 0.461 e. The summed E-state index contributed by atoms with van der Waals surface area (Å²) in [4.78, 5) is 44.9. The first-order chi connectivity index (χ1) is 16.4. The Balaban J connectivity index is 2.18. The first kappa shape index (κ1) is 27.4. The molecule has 3 unspecified atom stereocenters. The third kappa shape index (κ3) is 4.22. The fourth-order valence-electron chi connectivity index (χ4n) is 6.61. The van der Waals surface area contributed by atoms with Gasteiger partial charge < -0.3 is 24.4 Å². The molecule has 3 aliphatic rings. The van der Waals surface area contributed by atoms with Gasteiger partial charge in [-0.2, -0.15) is 0 Å². The Morgan fingerprint density at radius 1 is 1.29 bits per heavy atom. The Bertz CT molecular complexity index is 872. The van der Waals surface area contributed by atoms with E-state index < -0.39 is 41.1 Å². The Morgan fingerprint density at radius 2 is 1.94 bits per heavy atom. The second kappa shape index (κ2) is 10.1.